The van der Waals surface area contributed by atoms with Gasteiger partial charge in [0.1, 0.15) is 0 Å². The van der Waals surface area contributed by atoms with Crippen molar-refractivity contribution in [3.05, 3.63) is 51.6 Å². The number of aryl methyl sites for hydroxylation is 1. The lowest BCUT2D eigenvalue weighted by Gasteiger charge is -2.08. The van der Waals surface area contributed by atoms with E-state index in [4.69, 9.17) is 0 Å². The monoisotopic (exact) mass is 368 g/mol. The zero-order valence-electron chi connectivity index (χ0n) is 10.4. The molecule has 0 radical (unpaired) electrons. The first kappa shape index (κ1) is 13.7. The van der Waals surface area contributed by atoms with Crippen LogP contribution >= 0.6 is 22.6 Å². The number of amides is 2. The molecule has 2 N–H and O–H groups in total. The van der Waals surface area contributed by atoms with Crippen molar-refractivity contribution in [1.82, 2.24) is 15.3 Å². The highest BCUT2D eigenvalue weighted by Crippen LogP contribution is 2.15. The molecule has 6 heteroatoms. The van der Waals surface area contributed by atoms with Crippen LogP contribution in [0.1, 0.15) is 11.3 Å². The van der Waals surface area contributed by atoms with E-state index in [0.29, 0.717) is 6.54 Å². The standard InChI is InChI=1S/C13H13IN4O/c1-9-2-3-10(6-16-9)7-17-13(19)18-12-4-5-15-8-11(12)14/h2-6,8H,7H2,1H3,(H2,15,17,18,19). The van der Waals surface area contributed by atoms with Gasteiger partial charge in [0.2, 0.25) is 0 Å². The van der Waals surface area contributed by atoms with Crippen LogP contribution in [0.5, 0.6) is 0 Å². The summed E-state index contributed by atoms with van der Waals surface area (Å²) in [6.45, 7) is 2.37. The summed E-state index contributed by atoms with van der Waals surface area (Å²) in [6.07, 6.45) is 5.09. The van der Waals surface area contributed by atoms with E-state index < -0.39 is 0 Å². The minimum atomic E-state index is -0.246. The number of nitrogens with one attached hydrogen (secondary N) is 2. The molecule has 0 saturated heterocycles. The van der Waals surface area contributed by atoms with Crippen LogP contribution in [0.15, 0.2) is 36.8 Å². The van der Waals surface area contributed by atoms with Gasteiger partial charge in [0.05, 0.1) is 9.26 Å². The molecule has 2 aromatic rings. The van der Waals surface area contributed by atoms with E-state index in [0.717, 1.165) is 20.5 Å². The molecule has 0 aliphatic carbocycles. The van der Waals surface area contributed by atoms with Gasteiger partial charge in [-0.2, -0.15) is 0 Å². The van der Waals surface area contributed by atoms with E-state index >= 15 is 0 Å². The fourth-order valence-electron chi connectivity index (χ4n) is 1.43. The minimum Gasteiger partial charge on any atom is -0.334 e. The molecule has 0 fully saturated rings. The Morgan fingerprint density at radius 3 is 2.84 bits per heavy atom. The molecule has 0 bridgehead atoms. The van der Waals surface area contributed by atoms with Crippen LogP contribution in [0.3, 0.4) is 0 Å². The molecule has 2 heterocycles. The van der Waals surface area contributed by atoms with Crippen molar-refractivity contribution in [2.45, 2.75) is 13.5 Å². The number of halogens is 1. The maximum absolute atomic E-state index is 11.7. The fourth-order valence-corrected chi connectivity index (χ4v) is 1.90. The molecule has 19 heavy (non-hydrogen) atoms. The summed E-state index contributed by atoms with van der Waals surface area (Å²) >= 11 is 2.12. The molecule has 2 amide bonds. The Kier molecular flexibility index (Phi) is 4.67. The molecule has 0 saturated carbocycles. The maximum atomic E-state index is 11.7. The number of carbonyl (C=O) groups is 1. The SMILES string of the molecule is Cc1ccc(CNC(=O)Nc2ccncc2I)cn1. The van der Waals surface area contributed by atoms with Crippen molar-refractivity contribution in [1.29, 1.82) is 0 Å². The molecular weight excluding hydrogens is 355 g/mol. The number of carbonyl (C=O) groups excluding carboxylic acids is 1. The predicted molar refractivity (Wildman–Crippen MR) is 81.8 cm³/mol. The Labute approximate surface area is 125 Å². The van der Waals surface area contributed by atoms with E-state index in [1.807, 2.05) is 19.1 Å². The van der Waals surface area contributed by atoms with Gasteiger partial charge in [-0.1, -0.05) is 6.07 Å². The summed E-state index contributed by atoms with van der Waals surface area (Å²) in [7, 11) is 0. The second-order valence-electron chi connectivity index (χ2n) is 3.97. The number of nitrogens with zero attached hydrogens (tertiary/aromatic N) is 2. The molecule has 0 aromatic carbocycles. The summed E-state index contributed by atoms with van der Waals surface area (Å²) in [5.41, 5.74) is 2.67. The van der Waals surface area contributed by atoms with Gasteiger partial charge in [-0.25, -0.2) is 4.79 Å². The van der Waals surface area contributed by atoms with Crippen molar-refractivity contribution in [2.24, 2.45) is 0 Å². The zero-order valence-corrected chi connectivity index (χ0v) is 12.5. The number of hydrogen-bond acceptors (Lipinski definition) is 3. The lowest BCUT2D eigenvalue weighted by molar-refractivity contribution is 0.251. The van der Waals surface area contributed by atoms with Gasteiger partial charge in [0.15, 0.2) is 0 Å². The average molecular weight is 368 g/mol. The third kappa shape index (κ3) is 4.16. The van der Waals surface area contributed by atoms with Gasteiger partial charge in [-0.15, -0.1) is 0 Å². The first-order chi connectivity index (χ1) is 9.15. The number of anilines is 1. The highest BCUT2D eigenvalue weighted by molar-refractivity contribution is 14.1. The van der Waals surface area contributed by atoms with E-state index in [9.17, 15) is 4.79 Å². The van der Waals surface area contributed by atoms with Crippen molar-refractivity contribution in [3.8, 4) is 0 Å². The molecule has 2 aromatic heterocycles. The second-order valence-corrected chi connectivity index (χ2v) is 5.13. The topological polar surface area (TPSA) is 66.9 Å². The predicted octanol–water partition coefficient (Wildman–Crippen LogP) is 2.71. The smallest absolute Gasteiger partial charge is 0.319 e. The average Bonchev–Trinajstić information content (AvgIpc) is 2.41. The third-order valence-electron chi connectivity index (χ3n) is 2.45. The van der Waals surface area contributed by atoms with Crippen LogP contribution in [0, 0.1) is 10.5 Å². The normalized spacial score (nSPS) is 10.0. The van der Waals surface area contributed by atoms with Gasteiger partial charge in [0, 0.05) is 30.8 Å². The molecule has 0 atom stereocenters. The quantitative estimate of drug-likeness (QED) is 0.819. The molecule has 0 unspecified atom stereocenters. The van der Waals surface area contributed by atoms with Crippen molar-refractivity contribution in [3.63, 3.8) is 0 Å². The summed E-state index contributed by atoms with van der Waals surface area (Å²) in [4.78, 5) is 19.9. The van der Waals surface area contributed by atoms with Crippen LogP contribution in [0.2, 0.25) is 0 Å². The number of aromatic nitrogens is 2. The Hall–Kier alpha value is -1.70. The summed E-state index contributed by atoms with van der Waals surface area (Å²) in [6, 6.07) is 5.37. The van der Waals surface area contributed by atoms with Gasteiger partial charge in [-0.05, 0) is 47.2 Å². The van der Waals surface area contributed by atoms with Gasteiger partial charge in [0.25, 0.3) is 0 Å². The van der Waals surface area contributed by atoms with Gasteiger partial charge >= 0.3 is 6.03 Å². The van der Waals surface area contributed by atoms with Crippen LogP contribution in [-0.4, -0.2) is 16.0 Å². The molecule has 0 aliphatic heterocycles. The fraction of sp³-hybridized carbons (Fsp3) is 0.154. The van der Waals surface area contributed by atoms with Crippen LogP contribution in [-0.2, 0) is 6.54 Å². The third-order valence-corrected chi connectivity index (χ3v) is 3.31. The van der Waals surface area contributed by atoms with E-state index in [2.05, 4.69) is 43.2 Å². The first-order valence-electron chi connectivity index (χ1n) is 5.71. The van der Waals surface area contributed by atoms with Crippen molar-refractivity contribution < 1.29 is 4.79 Å². The lowest BCUT2D eigenvalue weighted by Crippen LogP contribution is -2.28. The maximum Gasteiger partial charge on any atom is 0.319 e. The number of urea groups is 1. The summed E-state index contributed by atoms with van der Waals surface area (Å²) < 4.78 is 0.896. The Balaban J connectivity index is 1.88. The van der Waals surface area contributed by atoms with E-state index in [1.54, 1.807) is 24.7 Å². The molecular formula is C13H13IN4O. The lowest BCUT2D eigenvalue weighted by atomic mass is 10.2. The Morgan fingerprint density at radius 2 is 2.16 bits per heavy atom. The molecule has 5 nitrogen and oxygen atoms in total. The Bertz CT molecular complexity index is 571. The van der Waals surface area contributed by atoms with Crippen molar-refractivity contribution in [2.75, 3.05) is 5.32 Å². The minimum absolute atomic E-state index is 0.246. The number of pyridine rings is 2. The Morgan fingerprint density at radius 1 is 1.32 bits per heavy atom. The van der Waals surface area contributed by atoms with Gasteiger partial charge < -0.3 is 10.6 Å². The van der Waals surface area contributed by atoms with Crippen molar-refractivity contribution >= 4 is 34.3 Å². The molecule has 98 valence electrons. The number of hydrogen-bond donors (Lipinski definition) is 2. The molecule has 0 spiro atoms. The van der Waals surface area contributed by atoms with Gasteiger partial charge in [-0.3, -0.25) is 9.97 Å². The van der Waals surface area contributed by atoms with Crippen LogP contribution < -0.4 is 10.6 Å². The van der Waals surface area contributed by atoms with Crippen LogP contribution in [0.4, 0.5) is 10.5 Å². The molecule has 0 aliphatic rings. The molecule has 2 rings (SSSR count). The zero-order chi connectivity index (χ0) is 13.7. The largest absolute Gasteiger partial charge is 0.334 e. The van der Waals surface area contributed by atoms with E-state index in [1.165, 1.54) is 0 Å². The summed E-state index contributed by atoms with van der Waals surface area (Å²) in [5.74, 6) is 0. The highest BCUT2D eigenvalue weighted by Gasteiger charge is 2.04. The highest BCUT2D eigenvalue weighted by atomic mass is 127. The summed E-state index contributed by atoms with van der Waals surface area (Å²) in [5, 5.41) is 5.55. The second kappa shape index (κ2) is 6.46. The van der Waals surface area contributed by atoms with E-state index in [-0.39, 0.29) is 6.03 Å². The number of rotatable bonds is 3. The van der Waals surface area contributed by atoms with Crippen LogP contribution in [0.25, 0.3) is 0 Å². The first-order valence-corrected chi connectivity index (χ1v) is 6.79.